The molecule has 1 aromatic carbocycles. The topological polar surface area (TPSA) is 58.7 Å². The summed E-state index contributed by atoms with van der Waals surface area (Å²) in [6, 6.07) is 7.34. The van der Waals surface area contributed by atoms with Crippen LogP contribution in [0.4, 0.5) is 4.79 Å². The highest BCUT2D eigenvalue weighted by atomic mass is 79.9. The van der Waals surface area contributed by atoms with Crippen molar-refractivity contribution in [2.45, 2.75) is 19.4 Å². The molecular formula is C12H14BrN3O. The van der Waals surface area contributed by atoms with Gasteiger partial charge in [-0.1, -0.05) is 35.0 Å². The van der Waals surface area contributed by atoms with Crippen molar-refractivity contribution in [2.75, 3.05) is 6.54 Å². The molecule has 1 atom stereocenters. The number of hydrogen-bond acceptors (Lipinski definition) is 2. The molecule has 1 heterocycles. The Labute approximate surface area is 109 Å². The zero-order valence-corrected chi connectivity index (χ0v) is 11.1. The van der Waals surface area contributed by atoms with Gasteiger partial charge in [-0.3, -0.25) is 0 Å². The lowest BCUT2D eigenvalue weighted by atomic mass is 10.1. The predicted octanol–water partition coefficient (Wildman–Crippen LogP) is 2.69. The standard InChI is InChI=1S/C12H14BrN3O/c1-2-7-16-10(11(14)15-12(16)17)8-3-5-9(13)6-4-8/h3-6,10H,2,7H2,1H3,(H2,14,15,17). The summed E-state index contributed by atoms with van der Waals surface area (Å²) in [4.78, 5) is 17.2. The van der Waals surface area contributed by atoms with Gasteiger partial charge in [0.2, 0.25) is 0 Å². The Morgan fingerprint density at radius 1 is 1.41 bits per heavy atom. The second kappa shape index (κ2) is 4.87. The van der Waals surface area contributed by atoms with Gasteiger partial charge >= 0.3 is 6.03 Å². The molecule has 90 valence electrons. The molecule has 17 heavy (non-hydrogen) atoms. The van der Waals surface area contributed by atoms with E-state index in [2.05, 4.69) is 20.9 Å². The highest BCUT2D eigenvalue weighted by molar-refractivity contribution is 9.10. The number of hydrogen-bond donors (Lipinski definition) is 1. The third-order valence-corrected chi connectivity index (χ3v) is 3.24. The highest BCUT2D eigenvalue weighted by Crippen LogP contribution is 2.27. The largest absolute Gasteiger partial charge is 0.385 e. The number of aliphatic imine (C=N–C) groups is 1. The van der Waals surface area contributed by atoms with Gasteiger partial charge in [0.15, 0.2) is 0 Å². The Hall–Kier alpha value is -1.36. The first-order valence-corrected chi connectivity index (χ1v) is 6.33. The van der Waals surface area contributed by atoms with E-state index >= 15 is 0 Å². The summed E-state index contributed by atoms with van der Waals surface area (Å²) < 4.78 is 1.00. The van der Waals surface area contributed by atoms with Gasteiger partial charge in [0, 0.05) is 11.0 Å². The number of rotatable bonds is 3. The van der Waals surface area contributed by atoms with Crippen molar-refractivity contribution in [1.29, 1.82) is 0 Å². The average Bonchev–Trinajstić information content (AvgIpc) is 2.56. The molecule has 0 bridgehead atoms. The predicted molar refractivity (Wildman–Crippen MR) is 70.9 cm³/mol. The van der Waals surface area contributed by atoms with E-state index < -0.39 is 0 Å². The van der Waals surface area contributed by atoms with Gasteiger partial charge in [-0.25, -0.2) is 4.79 Å². The molecule has 0 saturated heterocycles. The molecule has 0 radical (unpaired) electrons. The molecule has 0 spiro atoms. The molecule has 1 unspecified atom stereocenters. The second-order valence-electron chi connectivity index (χ2n) is 3.97. The molecule has 0 saturated carbocycles. The number of nitrogens with two attached hydrogens (primary N) is 1. The maximum Gasteiger partial charge on any atom is 0.346 e. The number of carbonyl (C=O) groups is 1. The van der Waals surface area contributed by atoms with Crippen LogP contribution in [0.5, 0.6) is 0 Å². The van der Waals surface area contributed by atoms with Crippen LogP contribution in [-0.2, 0) is 0 Å². The van der Waals surface area contributed by atoms with E-state index in [-0.39, 0.29) is 12.1 Å². The average molecular weight is 296 g/mol. The minimum absolute atomic E-state index is 0.212. The van der Waals surface area contributed by atoms with Crippen LogP contribution in [0.3, 0.4) is 0 Å². The van der Waals surface area contributed by atoms with E-state index in [1.54, 1.807) is 4.90 Å². The monoisotopic (exact) mass is 295 g/mol. The Morgan fingerprint density at radius 3 is 2.65 bits per heavy atom. The van der Waals surface area contributed by atoms with Crippen LogP contribution >= 0.6 is 15.9 Å². The third-order valence-electron chi connectivity index (χ3n) is 2.71. The molecule has 1 aromatic rings. The van der Waals surface area contributed by atoms with Crippen LogP contribution in [0.2, 0.25) is 0 Å². The molecule has 0 fully saturated rings. The number of benzene rings is 1. The first-order chi connectivity index (χ1) is 8.13. The van der Waals surface area contributed by atoms with Gasteiger partial charge < -0.3 is 10.6 Å². The van der Waals surface area contributed by atoms with Crippen molar-refractivity contribution in [2.24, 2.45) is 10.7 Å². The second-order valence-corrected chi connectivity index (χ2v) is 4.88. The fourth-order valence-corrected chi connectivity index (χ4v) is 2.23. The molecule has 1 aliphatic heterocycles. The van der Waals surface area contributed by atoms with Gasteiger partial charge in [-0.05, 0) is 24.1 Å². The molecule has 0 aromatic heterocycles. The number of urea groups is 1. The number of amides is 2. The number of halogens is 1. The zero-order valence-electron chi connectivity index (χ0n) is 9.56. The number of amidine groups is 1. The normalized spacial score (nSPS) is 19.6. The summed E-state index contributed by atoms with van der Waals surface area (Å²) in [6.45, 7) is 2.70. The van der Waals surface area contributed by atoms with Crippen LogP contribution in [0, 0.1) is 0 Å². The van der Waals surface area contributed by atoms with Crippen molar-refractivity contribution in [3.05, 3.63) is 34.3 Å². The van der Waals surface area contributed by atoms with E-state index in [9.17, 15) is 4.79 Å². The van der Waals surface area contributed by atoms with Gasteiger partial charge in [0.25, 0.3) is 0 Å². The summed E-state index contributed by atoms with van der Waals surface area (Å²) in [6.07, 6.45) is 0.890. The maximum atomic E-state index is 11.7. The smallest absolute Gasteiger partial charge is 0.346 e. The Balaban J connectivity index is 2.31. The first-order valence-electron chi connectivity index (χ1n) is 5.53. The van der Waals surface area contributed by atoms with Crippen molar-refractivity contribution in [3.63, 3.8) is 0 Å². The Bertz CT molecular complexity index is 455. The quantitative estimate of drug-likeness (QED) is 0.932. The molecule has 2 amide bonds. The van der Waals surface area contributed by atoms with Gasteiger partial charge in [0.05, 0.1) is 0 Å². The fraction of sp³-hybridized carbons (Fsp3) is 0.333. The highest BCUT2D eigenvalue weighted by Gasteiger charge is 2.33. The molecule has 4 nitrogen and oxygen atoms in total. The SMILES string of the molecule is CCCN1C(=O)N=C(N)C1c1ccc(Br)cc1. The lowest BCUT2D eigenvalue weighted by molar-refractivity contribution is 0.206. The van der Waals surface area contributed by atoms with E-state index in [1.165, 1.54) is 0 Å². The van der Waals surface area contributed by atoms with E-state index in [1.807, 2.05) is 31.2 Å². The molecule has 1 aliphatic rings. The van der Waals surface area contributed by atoms with E-state index in [0.717, 1.165) is 16.5 Å². The minimum atomic E-state index is -0.239. The van der Waals surface area contributed by atoms with Gasteiger partial charge in [0.1, 0.15) is 11.9 Å². The maximum absolute atomic E-state index is 11.7. The molecule has 5 heteroatoms. The van der Waals surface area contributed by atoms with E-state index in [4.69, 9.17) is 5.73 Å². The van der Waals surface area contributed by atoms with Crippen LogP contribution in [0.1, 0.15) is 24.9 Å². The summed E-state index contributed by atoms with van der Waals surface area (Å²) in [7, 11) is 0. The summed E-state index contributed by atoms with van der Waals surface area (Å²) in [5.74, 6) is 0.380. The molecule has 0 aliphatic carbocycles. The lowest BCUT2D eigenvalue weighted by Gasteiger charge is -2.23. The van der Waals surface area contributed by atoms with Crippen LogP contribution in [-0.4, -0.2) is 23.3 Å². The lowest BCUT2D eigenvalue weighted by Crippen LogP contribution is -2.33. The summed E-state index contributed by atoms with van der Waals surface area (Å²) in [5, 5.41) is 0. The third kappa shape index (κ3) is 2.34. The van der Waals surface area contributed by atoms with E-state index in [0.29, 0.717) is 12.4 Å². The van der Waals surface area contributed by atoms with Crippen molar-refractivity contribution in [1.82, 2.24) is 4.90 Å². The van der Waals surface area contributed by atoms with Crippen molar-refractivity contribution in [3.8, 4) is 0 Å². The first kappa shape index (κ1) is 12.1. The van der Waals surface area contributed by atoms with Crippen molar-refractivity contribution < 1.29 is 4.79 Å². The molecule has 2 rings (SSSR count). The summed E-state index contributed by atoms with van der Waals surface area (Å²) >= 11 is 3.38. The van der Waals surface area contributed by atoms with Crippen LogP contribution in [0.25, 0.3) is 0 Å². The van der Waals surface area contributed by atoms with Crippen LogP contribution in [0.15, 0.2) is 33.7 Å². The Morgan fingerprint density at radius 2 is 2.06 bits per heavy atom. The van der Waals surface area contributed by atoms with Crippen molar-refractivity contribution >= 4 is 27.8 Å². The molecular weight excluding hydrogens is 282 g/mol. The van der Waals surface area contributed by atoms with Gasteiger partial charge in [-0.15, -0.1) is 0 Å². The Kier molecular flexibility index (Phi) is 3.47. The van der Waals surface area contributed by atoms with Crippen LogP contribution < -0.4 is 5.73 Å². The number of nitrogens with zero attached hydrogens (tertiary/aromatic N) is 2. The minimum Gasteiger partial charge on any atom is -0.385 e. The molecule has 2 N–H and O–H groups in total. The van der Waals surface area contributed by atoms with Gasteiger partial charge in [-0.2, -0.15) is 4.99 Å². The fourth-order valence-electron chi connectivity index (χ4n) is 1.97. The number of carbonyl (C=O) groups excluding carboxylic acids is 1. The zero-order chi connectivity index (χ0) is 12.4. The summed E-state index contributed by atoms with van der Waals surface area (Å²) in [5.41, 5.74) is 6.83.